The molecule has 0 saturated heterocycles. The topological polar surface area (TPSA) is 60.0 Å². The predicted octanol–water partition coefficient (Wildman–Crippen LogP) is 4.21. The summed E-state index contributed by atoms with van der Waals surface area (Å²) in [4.78, 5) is 14.6. The monoisotopic (exact) mass is 406 g/mol. The average Bonchev–Trinajstić information content (AvgIpc) is 2.68. The number of ether oxygens (including phenoxy) is 3. The van der Waals surface area contributed by atoms with E-state index in [2.05, 4.69) is 5.32 Å². The highest BCUT2D eigenvalue weighted by Crippen LogP contribution is 2.29. The van der Waals surface area contributed by atoms with Crippen molar-refractivity contribution in [3.05, 3.63) is 47.0 Å². The van der Waals surface area contributed by atoms with E-state index in [1.165, 1.54) is 0 Å². The van der Waals surface area contributed by atoms with Gasteiger partial charge in [-0.05, 0) is 56.8 Å². The lowest BCUT2D eigenvalue weighted by Crippen LogP contribution is -2.39. The highest BCUT2D eigenvalue weighted by atomic mass is 35.5. The molecule has 0 aromatic heterocycles. The van der Waals surface area contributed by atoms with Crippen LogP contribution in [-0.2, 0) is 11.3 Å². The van der Waals surface area contributed by atoms with Gasteiger partial charge in [0.25, 0.3) is 0 Å². The smallest absolute Gasteiger partial charge is 0.241 e. The van der Waals surface area contributed by atoms with Gasteiger partial charge in [0.1, 0.15) is 5.75 Å². The number of nitrogens with one attached hydrogen (secondary N) is 1. The van der Waals surface area contributed by atoms with E-state index >= 15 is 0 Å². The largest absolute Gasteiger partial charge is 0.495 e. The lowest BCUT2D eigenvalue weighted by atomic mass is 10.1. The van der Waals surface area contributed by atoms with Crippen LogP contribution in [0.5, 0.6) is 17.2 Å². The number of hydrogen-bond acceptors (Lipinski definition) is 5. The van der Waals surface area contributed by atoms with E-state index in [1.54, 1.807) is 32.4 Å². The summed E-state index contributed by atoms with van der Waals surface area (Å²) in [7, 11) is 5.06. The zero-order valence-electron chi connectivity index (χ0n) is 16.9. The molecule has 2 aromatic carbocycles. The van der Waals surface area contributed by atoms with E-state index < -0.39 is 0 Å². The number of nitrogens with zero attached hydrogens (tertiary/aromatic N) is 1. The van der Waals surface area contributed by atoms with Crippen molar-refractivity contribution in [2.24, 2.45) is 0 Å². The number of carbonyl (C=O) groups is 1. The summed E-state index contributed by atoms with van der Waals surface area (Å²) >= 11 is 6.12. The van der Waals surface area contributed by atoms with Gasteiger partial charge in [0.2, 0.25) is 5.91 Å². The molecule has 152 valence electrons. The van der Waals surface area contributed by atoms with E-state index in [0.717, 1.165) is 5.56 Å². The lowest BCUT2D eigenvalue weighted by molar-refractivity contribution is -0.120. The van der Waals surface area contributed by atoms with Crippen LogP contribution in [0.4, 0.5) is 5.69 Å². The van der Waals surface area contributed by atoms with Crippen LogP contribution < -0.4 is 19.5 Å². The maximum Gasteiger partial charge on any atom is 0.241 e. The summed E-state index contributed by atoms with van der Waals surface area (Å²) in [6.07, 6.45) is 0. The molecule has 1 amide bonds. The first kappa shape index (κ1) is 21.9. The zero-order chi connectivity index (χ0) is 20.7. The van der Waals surface area contributed by atoms with E-state index in [1.807, 2.05) is 44.0 Å². The van der Waals surface area contributed by atoms with Crippen LogP contribution in [0.1, 0.15) is 19.4 Å². The van der Waals surface area contributed by atoms with Gasteiger partial charge < -0.3 is 19.5 Å². The minimum Gasteiger partial charge on any atom is -0.495 e. The van der Waals surface area contributed by atoms with Gasteiger partial charge in [0.15, 0.2) is 11.5 Å². The Morgan fingerprint density at radius 2 is 1.79 bits per heavy atom. The van der Waals surface area contributed by atoms with E-state index in [-0.39, 0.29) is 11.9 Å². The number of hydrogen-bond donors (Lipinski definition) is 1. The van der Waals surface area contributed by atoms with Crippen LogP contribution in [-0.4, -0.2) is 44.7 Å². The molecule has 0 heterocycles. The lowest BCUT2D eigenvalue weighted by Gasteiger charge is -2.24. The Morgan fingerprint density at radius 1 is 1.11 bits per heavy atom. The van der Waals surface area contributed by atoms with Crippen molar-refractivity contribution in [3.63, 3.8) is 0 Å². The molecule has 0 aliphatic carbocycles. The molecule has 2 rings (SSSR count). The number of amides is 1. The van der Waals surface area contributed by atoms with Gasteiger partial charge in [0.05, 0.1) is 31.9 Å². The quantitative estimate of drug-likeness (QED) is 0.675. The van der Waals surface area contributed by atoms with E-state index in [0.29, 0.717) is 41.1 Å². The summed E-state index contributed by atoms with van der Waals surface area (Å²) in [5, 5.41) is 3.33. The summed E-state index contributed by atoms with van der Waals surface area (Å²) in [5.74, 6) is 1.83. The van der Waals surface area contributed by atoms with Gasteiger partial charge in [-0.3, -0.25) is 9.69 Å². The Labute approximate surface area is 171 Å². The molecule has 0 radical (unpaired) electrons. The van der Waals surface area contributed by atoms with Crippen LogP contribution in [0.25, 0.3) is 0 Å². The maximum atomic E-state index is 12.6. The number of rotatable bonds is 9. The van der Waals surface area contributed by atoms with Crippen molar-refractivity contribution in [2.45, 2.75) is 26.4 Å². The van der Waals surface area contributed by atoms with Crippen LogP contribution in [0, 0.1) is 0 Å². The number of anilines is 1. The zero-order valence-corrected chi connectivity index (χ0v) is 17.7. The summed E-state index contributed by atoms with van der Waals surface area (Å²) in [6, 6.07) is 10.6. The van der Waals surface area contributed by atoms with Crippen LogP contribution in [0.2, 0.25) is 5.02 Å². The molecule has 0 saturated carbocycles. The molecule has 28 heavy (non-hydrogen) atoms. The SMILES string of the molecule is CCOc1ccc(CN(C)[C@H](C)C(=O)Nc2ccc(OC)c(Cl)c2)cc1OC. The Bertz CT molecular complexity index is 813. The minimum atomic E-state index is -0.349. The number of carbonyl (C=O) groups excluding carboxylic acids is 1. The molecule has 0 aliphatic heterocycles. The number of benzene rings is 2. The predicted molar refractivity (Wildman–Crippen MR) is 112 cm³/mol. The van der Waals surface area contributed by atoms with Crippen molar-refractivity contribution in [1.29, 1.82) is 0 Å². The maximum absolute atomic E-state index is 12.6. The normalized spacial score (nSPS) is 11.8. The van der Waals surface area contributed by atoms with Crippen LogP contribution >= 0.6 is 11.6 Å². The number of methoxy groups -OCH3 is 2. The van der Waals surface area contributed by atoms with Crippen LogP contribution in [0.15, 0.2) is 36.4 Å². The fourth-order valence-electron chi connectivity index (χ4n) is 2.70. The Hall–Kier alpha value is -2.44. The minimum absolute atomic E-state index is 0.123. The molecule has 2 aromatic rings. The highest BCUT2D eigenvalue weighted by molar-refractivity contribution is 6.32. The Balaban J connectivity index is 2.02. The van der Waals surface area contributed by atoms with Crippen molar-refractivity contribution >= 4 is 23.2 Å². The molecule has 6 nitrogen and oxygen atoms in total. The number of halogens is 1. The van der Waals surface area contributed by atoms with Gasteiger partial charge in [-0.25, -0.2) is 0 Å². The first-order chi connectivity index (χ1) is 13.4. The van der Waals surface area contributed by atoms with Crippen molar-refractivity contribution in [3.8, 4) is 17.2 Å². The standard InChI is InChI=1S/C21H27ClN2O4/c1-6-28-19-9-7-15(11-20(19)27-5)13-24(3)14(2)21(25)23-16-8-10-18(26-4)17(22)12-16/h7-12,14H,6,13H2,1-5H3,(H,23,25)/t14-/m1/s1. The molecule has 0 fully saturated rings. The van der Waals surface area contributed by atoms with Gasteiger partial charge >= 0.3 is 0 Å². The summed E-state index contributed by atoms with van der Waals surface area (Å²) in [6.45, 7) is 4.94. The second-order valence-corrected chi connectivity index (χ2v) is 6.76. The van der Waals surface area contributed by atoms with Crippen LogP contribution in [0.3, 0.4) is 0 Å². The Kier molecular flexibility index (Phi) is 7.96. The third-order valence-corrected chi connectivity index (χ3v) is 4.72. The molecule has 1 N–H and O–H groups in total. The fraction of sp³-hybridized carbons (Fsp3) is 0.381. The second kappa shape index (κ2) is 10.2. The van der Waals surface area contributed by atoms with Crippen molar-refractivity contribution in [1.82, 2.24) is 4.90 Å². The second-order valence-electron chi connectivity index (χ2n) is 6.35. The Morgan fingerprint density at radius 3 is 2.39 bits per heavy atom. The first-order valence-electron chi connectivity index (χ1n) is 9.04. The number of likely N-dealkylation sites (N-methyl/N-ethyl adjacent to an activating group) is 1. The van der Waals surface area contributed by atoms with Gasteiger partial charge in [0, 0.05) is 12.2 Å². The van der Waals surface area contributed by atoms with E-state index in [9.17, 15) is 4.79 Å². The summed E-state index contributed by atoms with van der Waals surface area (Å²) in [5.41, 5.74) is 1.65. The molecule has 0 unspecified atom stereocenters. The fourth-order valence-corrected chi connectivity index (χ4v) is 2.96. The van der Waals surface area contributed by atoms with Gasteiger partial charge in [-0.1, -0.05) is 17.7 Å². The summed E-state index contributed by atoms with van der Waals surface area (Å²) < 4.78 is 16.1. The van der Waals surface area contributed by atoms with Gasteiger partial charge in [-0.15, -0.1) is 0 Å². The molecule has 0 spiro atoms. The third kappa shape index (κ3) is 5.53. The van der Waals surface area contributed by atoms with Crippen molar-refractivity contribution < 1.29 is 19.0 Å². The molecular formula is C21H27ClN2O4. The molecule has 0 aliphatic rings. The average molecular weight is 407 g/mol. The molecule has 7 heteroatoms. The molecule has 0 bridgehead atoms. The molecule has 1 atom stereocenters. The van der Waals surface area contributed by atoms with Gasteiger partial charge in [-0.2, -0.15) is 0 Å². The highest BCUT2D eigenvalue weighted by Gasteiger charge is 2.19. The molecular weight excluding hydrogens is 380 g/mol. The first-order valence-corrected chi connectivity index (χ1v) is 9.41. The van der Waals surface area contributed by atoms with Crippen molar-refractivity contribution in [2.75, 3.05) is 33.2 Å². The van der Waals surface area contributed by atoms with E-state index in [4.69, 9.17) is 25.8 Å². The third-order valence-electron chi connectivity index (χ3n) is 4.42.